The minimum Gasteiger partial charge on any atom is -0.427 e. The fourth-order valence-electron chi connectivity index (χ4n) is 3.28. The van der Waals surface area contributed by atoms with Gasteiger partial charge in [-0.25, -0.2) is 4.90 Å². The number of anilines is 1. The first-order valence-corrected chi connectivity index (χ1v) is 8.51. The topological polar surface area (TPSA) is 128 Å². The molecule has 0 saturated carbocycles. The number of fused-ring (bicyclic) bond motifs is 1. The maximum Gasteiger partial charge on any atom is 0.308 e. The summed E-state index contributed by atoms with van der Waals surface area (Å²) in [7, 11) is 0. The maximum atomic E-state index is 13.0. The lowest BCUT2D eigenvalue weighted by atomic mass is 9.94. The van der Waals surface area contributed by atoms with E-state index in [9.17, 15) is 24.5 Å². The van der Waals surface area contributed by atoms with Crippen molar-refractivity contribution in [2.45, 2.75) is 13.0 Å². The molecule has 2 aliphatic heterocycles. The molecule has 2 aromatic rings. The van der Waals surface area contributed by atoms with Crippen LogP contribution in [-0.2, 0) is 19.2 Å². The van der Waals surface area contributed by atoms with Crippen LogP contribution in [0.1, 0.15) is 12.5 Å². The van der Waals surface area contributed by atoms with E-state index >= 15 is 0 Å². The van der Waals surface area contributed by atoms with Crippen LogP contribution in [0.2, 0.25) is 0 Å². The number of hydrogen-bond acceptors (Lipinski definition) is 8. The fourth-order valence-corrected chi connectivity index (χ4v) is 3.28. The molecule has 0 aromatic heterocycles. The number of nitro groups is 1. The van der Waals surface area contributed by atoms with Crippen LogP contribution in [0.3, 0.4) is 0 Å². The fraction of sp³-hybridized carbons (Fsp3) is 0.158. The Morgan fingerprint density at radius 3 is 2.55 bits per heavy atom. The highest BCUT2D eigenvalue weighted by atomic mass is 16.7. The number of oxime groups is 1. The summed E-state index contributed by atoms with van der Waals surface area (Å²) >= 11 is 0. The van der Waals surface area contributed by atoms with E-state index in [0.717, 1.165) is 4.90 Å². The number of hydrogen-bond donors (Lipinski definition) is 0. The standard InChI is InChI=1S/C19H13N3O7/c1-10(23)28-14-7-5-12(6-8-14)21-18(24)15-16(20-29-17(15)19(21)25)11-3-2-4-13(9-11)22(26)27/h2-9,15,17H,1H3. The predicted octanol–water partition coefficient (Wildman–Crippen LogP) is 1.81. The Morgan fingerprint density at radius 1 is 1.17 bits per heavy atom. The number of nitrogens with zero attached hydrogens (tertiary/aromatic N) is 3. The molecule has 29 heavy (non-hydrogen) atoms. The van der Waals surface area contributed by atoms with Gasteiger partial charge in [-0.2, -0.15) is 0 Å². The Morgan fingerprint density at radius 2 is 1.90 bits per heavy atom. The van der Waals surface area contributed by atoms with Crippen molar-refractivity contribution in [3.63, 3.8) is 0 Å². The van der Waals surface area contributed by atoms with E-state index in [1.807, 2.05) is 0 Å². The second-order valence-electron chi connectivity index (χ2n) is 6.39. The minimum atomic E-state index is -1.13. The van der Waals surface area contributed by atoms with E-state index in [0.29, 0.717) is 5.56 Å². The van der Waals surface area contributed by atoms with Gasteiger partial charge in [-0.05, 0) is 24.3 Å². The Hall–Kier alpha value is -4.08. The van der Waals surface area contributed by atoms with Crippen LogP contribution in [0, 0.1) is 16.0 Å². The van der Waals surface area contributed by atoms with Crippen LogP contribution in [0.15, 0.2) is 53.7 Å². The molecular weight excluding hydrogens is 382 g/mol. The largest absolute Gasteiger partial charge is 0.427 e. The summed E-state index contributed by atoms with van der Waals surface area (Å²) in [6.45, 7) is 1.26. The van der Waals surface area contributed by atoms with Gasteiger partial charge >= 0.3 is 5.97 Å². The van der Waals surface area contributed by atoms with Gasteiger partial charge in [0.25, 0.3) is 11.6 Å². The van der Waals surface area contributed by atoms with Crippen LogP contribution in [0.5, 0.6) is 5.75 Å². The number of rotatable bonds is 4. The Labute approximate surface area is 163 Å². The summed E-state index contributed by atoms with van der Waals surface area (Å²) < 4.78 is 4.94. The lowest BCUT2D eigenvalue weighted by Crippen LogP contribution is -2.33. The lowest BCUT2D eigenvalue weighted by molar-refractivity contribution is -0.384. The van der Waals surface area contributed by atoms with Crippen molar-refractivity contribution in [3.8, 4) is 5.75 Å². The first kappa shape index (κ1) is 18.3. The van der Waals surface area contributed by atoms with Gasteiger partial charge in [0, 0.05) is 24.6 Å². The van der Waals surface area contributed by atoms with Gasteiger partial charge in [0.05, 0.1) is 10.6 Å². The average molecular weight is 395 g/mol. The third-order valence-corrected chi connectivity index (χ3v) is 4.52. The third-order valence-electron chi connectivity index (χ3n) is 4.52. The van der Waals surface area contributed by atoms with Gasteiger partial charge in [-0.3, -0.25) is 24.5 Å². The predicted molar refractivity (Wildman–Crippen MR) is 98.2 cm³/mol. The van der Waals surface area contributed by atoms with Crippen molar-refractivity contribution in [2.24, 2.45) is 11.1 Å². The van der Waals surface area contributed by atoms with Gasteiger partial charge in [-0.1, -0.05) is 17.3 Å². The number of amides is 2. The third kappa shape index (κ3) is 3.10. The molecule has 0 spiro atoms. The van der Waals surface area contributed by atoms with Crippen molar-refractivity contribution < 1.29 is 28.9 Å². The summed E-state index contributed by atoms with van der Waals surface area (Å²) in [6, 6.07) is 11.5. The molecule has 10 heteroatoms. The van der Waals surface area contributed by atoms with Crippen LogP contribution >= 0.6 is 0 Å². The highest BCUT2D eigenvalue weighted by molar-refractivity contribution is 6.32. The summed E-state index contributed by atoms with van der Waals surface area (Å²) in [5.74, 6) is -2.37. The zero-order chi connectivity index (χ0) is 20.7. The van der Waals surface area contributed by atoms with E-state index in [4.69, 9.17) is 9.57 Å². The number of nitro benzene ring substituents is 1. The molecule has 146 valence electrons. The van der Waals surface area contributed by atoms with E-state index in [1.165, 1.54) is 49.4 Å². The van der Waals surface area contributed by atoms with Gasteiger partial charge in [0.15, 0.2) is 0 Å². The summed E-state index contributed by atoms with van der Waals surface area (Å²) in [5.41, 5.74) is 0.617. The van der Waals surface area contributed by atoms with Crippen molar-refractivity contribution >= 4 is 34.9 Å². The van der Waals surface area contributed by atoms with Gasteiger partial charge in [0.1, 0.15) is 17.4 Å². The number of ether oxygens (including phenoxy) is 1. The van der Waals surface area contributed by atoms with Gasteiger partial charge < -0.3 is 9.57 Å². The molecule has 2 atom stereocenters. The number of imide groups is 1. The Kier molecular flexibility index (Phi) is 4.30. The normalized spacial score (nSPS) is 20.2. The molecule has 10 nitrogen and oxygen atoms in total. The monoisotopic (exact) mass is 395 g/mol. The molecule has 4 rings (SSSR count). The van der Waals surface area contributed by atoms with E-state index in [1.54, 1.807) is 6.07 Å². The Balaban J connectivity index is 1.63. The zero-order valence-electron chi connectivity index (χ0n) is 15.0. The molecule has 0 radical (unpaired) electrons. The molecule has 2 aliphatic rings. The molecule has 1 fully saturated rings. The lowest BCUT2D eigenvalue weighted by Gasteiger charge is -2.15. The number of benzene rings is 2. The van der Waals surface area contributed by atoms with Crippen molar-refractivity contribution in [3.05, 3.63) is 64.2 Å². The van der Waals surface area contributed by atoms with Crippen molar-refractivity contribution in [2.75, 3.05) is 4.90 Å². The molecule has 0 aliphatic carbocycles. The smallest absolute Gasteiger partial charge is 0.308 e. The molecule has 2 unspecified atom stereocenters. The number of esters is 1. The second kappa shape index (κ2) is 6.82. The van der Waals surface area contributed by atoms with E-state index in [2.05, 4.69) is 5.16 Å². The van der Waals surface area contributed by atoms with Crippen molar-refractivity contribution in [1.82, 2.24) is 0 Å². The average Bonchev–Trinajstić information content (AvgIpc) is 3.23. The second-order valence-corrected chi connectivity index (χ2v) is 6.39. The maximum absolute atomic E-state index is 13.0. The van der Waals surface area contributed by atoms with Gasteiger partial charge in [0.2, 0.25) is 12.0 Å². The summed E-state index contributed by atoms with van der Waals surface area (Å²) in [4.78, 5) is 53.3. The highest BCUT2D eigenvalue weighted by Gasteiger charge is 2.56. The highest BCUT2D eigenvalue weighted by Crippen LogP contribution is 2.36. The first-order chi connectivity index (χ1) is 13.9. The van der Waals surface area contributed by atoms with E-state index in [-0.39, 0.29) is 22.8 Å². The van der Waals surface area contributed by atoms with Gasteiger partial charge in [-0.15, -0.1) is 0 Å². The molecule has 1 saturated heterocycles. The van der Waals surface area contributed by atoms with Crippen LogP contribution in [0.4, 0.5) is 11.4 Å². The molecular formula is C19H13N3O7. The Bertz CT molecular complexity index is 1080. The zero-order valence-corrected chi connectivity index (χ0v) is 15.0. The van der Waals surface area contributed by atoms with Crippen molar-refractivity contribution in [1.29, 1.82) is 0 Å². The summed E-state index contributed by atoms with van der Waals surface area (Å²) in [6.07, 6.45) is -1.13. The van der Waals surface area contributed by atoms with Crippen LogP contribution < -0.4 is 9.64 Å². The van der Waals surface area contributed by atoms with Crippen LogP contribution in [0.25, 0.3) is 0 Å². The minimum absolute atomic E-state index is 0.163. The number of non-ortho nitro benzene ring substituents is 1. The molecule has 2 amide bonds. The SMILES string of the molecule is CC(=O)Oc1ccc(N2C(=O)C3ON=C(c4cccc([N+](=O)[O-])c4)C3C2=O)cc1. The quantitative estimate of drug-likeness (QED) is 0.254. The number of carbonyl (C=O) groups is 3. The number of carbonyl (C=O) groups excluding carboxylic acids is 3. The molecule has 0 N–H and O–H groups in total. The molecule has 0 bridgehead atoms. The molecule has 2 aromatic carbocycles. The summed E-state index contributed by atoms with van der Waals surface area (Å²) in [5, 5.41) is 14.9. The molecule has 2 heterocycles. The first-order valence-electron chi connectivity index (χ1n) is 8.51. The van der Waals surface area contributed by atoms with Crippen LogP contribution in [-0.4, -0.2) is 34.5 Å². The van der Waals surface area contributed by atoms with E-state index < -0.39 is 34.7 Å².